The molecule has 0 saturated heterocycles. The molecule has 0 aromatic heterocycles. The molecule has 0 N–H and O–H groups in total. The second kappa shape index (κ2) is 9.30. The lowest BCUT2D eigenvalue weighted by Crippen LogP contribution is -2.08. The number of cyclic esters (lactones) is 1. The second-order valence-electron chi connectivity index (χ2n) is 7.12. The van der Waals surface area contributed by atoms with E-state index in [0.29, 0.717) is 56.8 Å². The van der Waals surface area contributed by atoms with Crippen LogP contribution in [0.3, 0.4) is 0 Å². The number of hydrogen-bond donors (Lipinski definition) is 0. The van der Waals surface area contributed by atoms with Crippen LogP contribution in [0.1, 0.15) is 25.5 Å². The molecule has 172 valence electrons. The molecule has 1 aliphatic heterocycles. The fraction of sp³-hybridized carbons (Fsp3) is 0.375. The highest BCUT2D eigenvalue weighted by Gasteiger charge is 2.35. The summed E-state index contributed by atoms with van der Waals surface area (Å²) in [5.41, 5.74) is 3.39. The Labute approximate surface area is 187 Å². The summed E-state index contributed by atoms with van der Waals surface area (Å²) in [7, 11) is 9.23. The number of ether oxygens (including phenoxy) is 7. The van der Waals surface area contributed by atoms with Crippen molar-refractivity contribution in [3.05, 3.63) is 34.9 Å². The molecule has 0 bridgehead atoms. The summed E-state index contributed by atoms with van der Waals surface area (Å²) in [4.78, 5) is 12.3. The first-order valence-electron chi connectivity index (χ1n) is 9.88. The Bertz CT molecular complexity index is 1050. The normalized spacial score (nSPS) is 15.4. The van der Waals surface area contributed by atoms with Gasteiger partial charge in [-0.1, -0.05) is 0 Å². The van der Waals surface area contributed by atoms with E-state index in [4.69, 9.17) is 33.2 Å². The molecular weight excluding hydrogens is 416 g/mol. The number of methoxy groups -OCH3 is 6. The van der Waals surface area contributed by atoms with Crippen molar-refractivity contribution in [3.63, 3.8) is 0 Å². The van der Waals surface area contributed by atoms with Gasteiger partial charge in [0.1, 0.15) is 6.10 Å². The fourth-order valence-electron chi connectivity index (χ4n) is 3.84. The van der Waals surface area contributed by atoms with Gasteiger partial charge >= 0.3 is 5.97 Å². The average Bonchev–Trinajstić information content (AvgIpc) is 3.08. The first kappa shape index (κ1) is 23.1. The number of rotatable bonds is 8. The molecule has 2 aromatic carbocycles. The van der Waals surface area contributed by atoms with Gasteiger partial charge in [-0.15, -0.1) is 0 Å². The van der Waals surface area contributed by atoms with E-state index in [9.17, 15) is 4.79 Å². The molecule has 0 saturated carbocycles. The largest absolute Gasteiger partial charge is 0.493 e. The van der Waals surface area contributed by atoms with E-state index < -0.39 is 6.10 Å². The molecule has 32 heavy (non-hydrogen) atoms. The molecule has 0 radical (unpaired) electrons. The molecule has 8 nitrogen and oxygen atoms in total. The fourth-order valence-corrected chi connectivity index (χ4v) is 3.84. The molecule has 0 amide bonds. The molecule has 0 aliphatic carbocycles. The van der Waals surface area contributed by atoms with Crippen LogP contribution in [0.2, 0.25) is 0 Å². The molecule has 1 atom stereocenters. The van der Waals surface area contributed by atoms with Gasteiger partial charge < -0.3 is 33.2 Å². The smallest absolute Gasteiger partial charge is 0.334 e. The summed E-state index contributed by atoms with van der Waals surface area (Å²) >= 11 is 0. The Balaban J connectivity index is 2.42. The highest BCUT2D eigenvalue weighted by atomic mass is 16.6. The van der Waals surface area contributed by atoms with Gasteiger partial charge in [-0.05, 0) is 43.2 Å². The molecular formula is C24H28O8. The standard InChI is InChI=1S/C24H28O8/c1-12-13(2)24(25)32-20(12)15-11-18(28-5)22(30-7)23(31-8)19(15)14-9-16(26-3)21(29-6)17(10-14)27-4/h9-11,20H,1-8H3/t20-/m1/s1. The Kier molecular flexibility index (Phi) is 6.72. The lowest BCUT2D eigenvalue weighted by atomic mass is 9.90. The quantitative estimate of drug-likeness (QED) is 0.556. The molecule has 1 heterocycles. The van der Waals surface area contributed by atoms with Crippen molar-refractivity contribution in [1.82, 2.24) is 0 Å². The molecule has 0 spiro atoms. The van der Waals surface area contributed by atoms with Crippen LogP contribution in [0.5, 0.6) is 34.5 Å². The number of benzene rings is 2. The zero-order chi connectivity index (χ0) is 23.6. The van der Waals surface area contributed by atoms with Crippen molar-refractivity contribution in [2.45, 2.75) is 20.0 Å². The van der Waals surface area contributed by atoms with Gasteiger partial charge in [0.15, 0.2) is 23.0 Å². The SMILES string of the molecule is COc1cc(-c2c([C@@H]3OC(=O)C(C)=C3C)cc(OC)c(OC)c2OC)cc(OC)c1OC. The van der Waals surface area contributed by atoms with Gasteiger partial charge in [0.25, 0.3) is 0 Å². The third-order valence-corrected chi connectivity index (χ3v) is 5.61. The van der Waals surface area contributed by atoms with Crippen LogP contribution in [-0.4, -0.2) is 48.6 Å². The maximum absolute atomic E-state index is 12.3. The van der Waals surface area contributed by atoms with Crippen LogP contribution >= 0.6 is 0 Å². The van der Waals surface area contributed by atoms with Crippen LogP contribution in [0.4, 0.5) is 0 Å². The van der Waals surface area contributed by atoms with Crippen LogP contribution in [0.15, 0.2) is 29.3 Å². The summed E-state index contributed by atoms with van der Waals surface area (Å²) in [6, 6.07) is 5.40. The molecule has 0 unspecified atom stereocenters. The predicted molar refractivity (Wildman–Crippen MR) is 118 cm³/mol. The van der Waals surface area contributed by atoms with Crippen molar-refractivity contribution in [1.29, 1.82) is 0 Å². The minimum atomic E-state index is -0.620. The molecule has 0 fully saturated rings. The molecule has 1 aliphatic rings. The minimum Gasteiger partial charge on any atom is -0.493 e. The van der Waals surface area contributed by atoms with Gasteiger partial charge in [0.05, 0.1) is 42.7 Å². The first-order valence-corrected chi connectivity index (χ1v) is 9.88. The van der Waals surface area contributed by atoms with Crippen molar-refractivity contribution >= 4 is 5.97 Å². The average molecular weight is 444 g/mol. The van der Waals surface area contributed by atoms with E-state index in [1.54, 1.807) is 39.3 Å². The van der Waals surface area contributed by atoms with E-state index in [0.717, 1.165) is 5.57 Å². The summed E-state index contributed by atoms with van der Waals surface area (Å²) in [5, 5.41) is 0. The van der Waals surface area contributed by atoms with E-state index in [2.05, 4.69) is 0 Å². The zero-order valence-electron chi connectivity index (χ0n) is 19.6. The highest BCUT2D eigenvalue weighted by molar-refractivity contribution is 5.93. The van der Waals surface area contributed by atoms with E-state index in [1.807, 2.05) is 6.92 Å². The van der Waals surface area contributed by atoms with Gasteiger partial charge in [0, 0.05) is 16.7 Å². The Morgan fingerprint density at radius 3 is 1.59 bits per heavy atom. The Morgan fingerprint density at radius 1 is 0.688 bits per heavy atom. The topological polar surface area (TPSA) is 81.7 Å². The third-order valence-electron chi connectivity index (χ3n) is 5.61. The minimum absolute atomic E-state index is 0.364. The summed E-state index contributed by atoms with van der Waals surface area (Å²) in [6.07, 6.45) is -0.620. The van der Waals surface area contributed by atoms with Crippen LogP contribution < -0.4 is 28.4 Å². The van der Waals surface area contributed by atoms with E-state index in [1.165, 1.54) is 28.4 Å². The maximum atomic E-state index is 12.3. The van der Waals surface area contributed by atoms with Gasteiger partial charge in [-0.3, -0.25) is 0 Å². The van der Waals surface area contributed by atoms with Gasteiger partial charge in [-0.2, -0.15) is 0 Å². The number of carbonyl (C=O) groups excluding carboxylic acids is 1. The predicted octanol–water partition coefficient (Wildman–Crippen LogP) is 4.34. The first-order chi connectivity index (χ1) is 15.4. The van der Waals surface area contributed by atoms with Crippen molar-refractivity contribution in [3.8, 4) is 45.6 Å². The zero-order valence-corrected chi connectivity index (χ0v) is 19.6. The van der Waals surface area contributed by atoms with Gasteiger partial charge in [0.2, 0.25) is 11.5 Å². The molecule has 2 aromatic rings. The second-order valence-corrected chi connectivity index (χ2v) is 7.12. The summed E-state index contributed by atoms with van der Waals surface area (Å²) < 4.78 is 39.2. The van der Waals surface area contributed by atoms with E-state index >= 15 is 0 Å². The Morgan fingerprint density at radius 2 is 1.19 bits per heavy atom. The highest BCUT2D eigenvalue weighted by Crippen LogP contribution is 2.53. The number of esters is 1. The van der Waals surface area contributed by atoms with Crippen LogP contribution in [0.25, 0.3) is 11.1 Å². The van der Waals surface area contributed by atoms with Crippen molar-refractivity contribution in [2.24, 2.45) is 0 Å². The lowest BCUT2D eigenvalue weighted by molar-refractivity contribution is -0.139. The number of hydrogen-bond acceptors (Lipinski definition) is 8. The van der Waals surface area contributed by atoms with Crippen LogP contribution in [0, 0.1) is 0 Å². The Hall–Kier alpha value is -3.55. The third kappa shape index (κ3) is 3.66. The molecule has 8 heteroatoms. The monoisotopic (exact) mass is 444 g/mol. The lowest BCUT2D eigenvalue weighted by Gasteiger charge is -2.24. The number of carbonyl (C=O) groups is 1. The van der Waals surface area contributed by atoms with Gasteiger partial charge in [-0.25, -0.2) is 4.79 Å². The van der Waals surface area contributed by atoms with Crippen molar-refractivity contribution in [2.75, 3.05) is 42.7 Å². The van der Waals surface area contributed by atoms with Crippen molar-refractivity contribution < 1.29 is 38.0 Å². The summed E-state index contributed by atoms with van der Waals surface area (Å²) in [6.45, 7) is 3.61. The maximum Gasteiger partial charge on any atom is 0.334 e. The van der Waals surface area contributed by atoms with Crippen LogP contribution in [-0.2, 0) is 9.53 Å². The summed E-state index contributed by atoms with van der Waals surface area (Å²) in [5.74, 6) is 2.31. The van der Waals surface area contributed by atoms with E-state index in [-0.39, 0.29) is 5.97 Å². The molecule has 3 rings (SSSR count).